The third kappa shape index (κ3) is 5.36. The van der Waals surface area contributed by atoms with E-state index in [1.165, 1.54) is 0 Å². The largest absolute Gasteiger partial charge is 0.484 e. The van der Waals surface area contributed by atoms with E-state index in [2.05, 4.69) is 10.4 Å². The summed E-state index contributed by atoms with van der Waals surface area (Å²) in [6, 6.07) is 16.9. The van der Waals surface area contributed by atoms with Crippen LogP contribution in [0.1, 0.15) is 11.1 Å². The maximum atomic E-state index is 11.9. The molecule has 0 spiro atoms. The fourth-order valence-corrected chi connectivity index (χ4v) is 2.48. The molecule has 3 rings (SSSR count). The Kier molecular flexibility index (Phi) is 5.69. The SMILES string of the molecule is O=C(COc1cccc(Cl)c1)NCc1ccc(Cn2cccn2)cc1. The molecule has 0 bridgehead atoms. The van der Waals surface area contributed by atoms with Crippen LogP contribution in [0.4, 0.5) is 0 Å². The first-order valence-corrected chi connectivity index (χ1v) is 8.27. The molecule has 0 saturated carbocycles. The normalized spacial score (nSPS) is 10.4. The Balaban J connectivity index is 1.44. The van der Waals surface area contributed by atoms with E-state index in [1.54, 1.807) is 30.5 Å². The molecule has 5 nitrogen and oxygen atoms in total. The summed E-state index contributed by atoms with van der Waals surface area (Å²) < 4.78 is 7.27. The molecule has 0 aliphatic carbocycles. The van der Waals surface area contributed by atoms with Crippen molar-refractivity contribution in [3.8, 4) is 5.75 Å². The van der Waals surface area contributed by atoms with Gasteiger partial charge in [0.15, 0.2) is 6.61 Å². The number of nitrogens with one attached hydrogen (secondary N) is 1. The van der Waals surface area contributed by atoms with Crippen molar-refractivity contribution in [2.75, 3.05) is 6.61 Å². The van der Waals surface area contributed by atoms with Gasteiger partial charge in [-0.3, -0.25) is 9.48 Å². The van der Waals surface area contributed by atoms with Crippen LogP contribution < -0.4 is 10.1 Å². The molecule has 1 heterocycles. The molecule has 2 aromatic carbocycles. The second kappa shape index (κ2) is 8.35. The van der Waals surface area contributed by atoms with Crippen molar-refractivity contribution in [3.05, 3.63) is 83.1 Å². The molecule has 1 amide bonds. The maximum absolute atomic E-state index is 11.9. The number of ether oxygens (including phenoxy) is 1. The molecular weight excluding hydrogens is 338 g/mol. The van der Waals surface area contributed by atoms with Crippen molar-refractivity contribution in [2.24, 2.45) is 0 Å². The molecule has 0 radical (unpaired) electrons. The second-order valence-electron chi connectivity index (χ2n) is 5.54. The summed E-state index contributed by atoms with van der Waals surface area (Å²) in [6.45, 7) is 1.14. The number of hydrogen-bond donors (Lipinski definition) is 1. The van der Waals surface area contributed by atoms with Gasteiger partial charge >= 0.3 is 0 Å². The summed E-state index contributed by atoms with van der Waals surface area (Å²) >= 11 is 5.87. The molecule has 128 valence electrons. The van der Waals surface area contributed by atoms with E-state index in [0.717, 1.165) is 17.7 Å². The lowest BCUT2D eigenvalue weighted by atomic mass is 10.1. The van der Waals surface area contributed by atoms with E-state index >= 15 is 0 Å². The number of amides is 1. The molecule has 0 unspecified atom stereocenters. The van der Waals surface area contributed by atoms with Crippen LogP contribution in [-0.2, 0) is 17.9 Å². The molecule has 0 aliphatic rings. The zero-order chi connectivity index (χ0) is 17.5. The highest BCUT2D eigenvalue weighted by molar-refractivity contribution is 6.30. The van der Waals surface area contributed by atoms with Gasteiger partial charge in [-0.25, -0.2) is 0 Å². The molecule has 1 aromatic heterocycles. The predicted molar refractivity (Wildman–Crippen MR) is 96.6 cm³/mol. The molecule has 0 fully saturated rings. The van der Waals surface area contributed by atoms with E-state index in [-0.39, 0.29) is 12.5 Å². The molecule has 6 heteroatoms. The maximum Gasteiger partial charge on any atom is 0.258 e. The van der Waals surface area contributed by atoms with Gasteiger partial charge in [0.25, 0.3) is 5.91 Å². The Morgan fingerprint density at radius 1 is 1.12 bits per heavy atom. The van der Waals surface area contributed by atoms with E-state index in [4.69, 9.17) is 16.3 Å². The van der Waals surface area contributed by atoms with Gasteiger partial charge in [0.2, 0.25) is 0 Å². The smallest absolute Gasteiger partial charge is 0.258 e. The predicted octanol–water partition coefficient (Wildman–Crippen LogP) is 3.28. The minimum atomic E-state index is -0.180. The van der Waals surface area contributed by atoms with Crippen LogP contribution in [0.5, 0.6) is 5.75 Å². The summed E-state index contributed by atoms with van der Waals surface area (Å²) in [6.07, 6.45) is 3.68. The Morgan fingerprint density at radius 2 is 1.92 bits per heavy atom. The van der Waals surface area contributed by atoms with E-state index in [0.29, 0.717) is 17.3 Å². The topological polar surface area (TPSA) is 56.1 Å². The quantitative estimate of drug-likeness (QED) is 0.707. The van der Waals surface area contributed by atoms with Crippen LogP contribution in [0.25, 0.3) is 0 Å². The van der Waals surface area contributed by atoms with Gasteiger partial charge in [-0.05, 0) is 35.4 Å². The summed E-state index contributed by atoms with van der Waals surface area (Å²) in [5.74, 6) is 0.395. The van der Waals surface area contributed by atoms with Crippen LogP contribution >= 0.6 is 11.6 Å². The van der Waals surface area contributed by atoms with Gasteiger partial charge in [0, 0.05) is 24.0 Å². The lowest BCUT2D eigenvalue weighted by Crippen LogP contribution is -2.28. The van der Waals surface area contributed by atoms with Gasteiger partial charge in [-0.1, -0.05) is 41.9 Å². The molecule has 1 N–H and O–H groups in total. The second-order valence-corrected chi connectivity index (χ2v) is 5.98. The first-order chi connectivity index (χ1) is 12.2. The fraction of sp³-hybridized carbons (Fsp3) is 0.158. The van der Waals surface area contributed by atoms with E-state index < -0.39 is 0 Å². The van der Waals surface area contributed by atoms with Gasteiger partial charge < -0.3 is 10.1 Å². The lowest BCUT2D eigenvalue weighted by molar-refractivity contribution is -0.123. The van der Waals surface area contributed by atoms with Crippen molar-refractivity contribution in [1.82, 2.24) is 15.1 Å². The molecule has 25 heavy (non-hydrogen) atoms. The van der Waals surface area contributed by atoms with Crippen LogP contribution in [0.3, 0.4) is 0 Å². The number of carbonyl (C=O) groups is 1. The highest BCUT2D eigenvalue weighted by Crippen LogP contribution is 2.16. The Morgan fingerprint density at radius 3 is 2.64 bits per heavy atom. The monoisotopic (exact) mass is 355 g/mol. The van der Waals surface area contributed by atoms with Gasteiger partial charge in [0.05, 0.1) is 6.54 Å². The number of halogens is 1. The van der Waals surface area contributed by atoms with Gasteiger partial charge in [-0.15, -0.1) is 0 Å². The zero-order valence-electron chi connectivity index (χ0n) is 13.6. The molecule has 0 saturated heterocycles. The van der Waals surface area contributed by atoms with Crippen LogP contribution in [0, 0.1) is 0 Å². The van der Waals surface area contributed by atoms with Gasteiger partial charge in [0.1, 0.15) is 5.75 Å². The van der Waals surface area contributed by atoms with E-state index in [9.17, 15) is 4.79 Å². The minimum absolute atomic E-state index is 0.0439. The lowest BCUT2D eigenvalue weighted by Gasteiger charge is -2.08. The molecule has 0 aliphatic heterocycles. The summed E-state index contributed by atoms with van der Waals surface area (Å²) in [5.41, 5.74) is 2.18. The number of rotatable bonds is 7. The minimum Gasteiger partial charge on any atom is -0.484 e. The molecule has 3 aromatic rings. The average Bonchev–Trinajstić information content (AvgIpc) is 3.12. The zero-order valence-corrected chi connectivity index (χ0v) is 14.3. The molecular formula is C19H18ClN3O2. The van der Waals surface area contributed by atoms with Gasteiger partial charge in [-0.2, -0.15) is 5.10 Å². The number of benzene rings is 2. The Bertz CT molecular complexity index is 817. The highest BCUT2D eigenvalue weighted by atomic mass is 35.5. The Hall–Kier alpha value is -2.79. The van der Waals surface area contributed by atoms with Crippen molar-refractivity contribution >= 4 is 17.5 Å². The van der Waals surface area contributed by atoms with Crippen molar-refractivity contribution < 1.29 is 9.53 Å². The average molecular weight is 356 g/mol. The number of aromatic nitrogens is 2. The van der Waals surface area contributed by atoms with Crippen LogP contribution in [0.2, 0.25) is 5.02 Å². The van der Waals surface area contributed by atoms with Crippen LogP contribution in [0.15, 0.2) is 67.0 Å². The van der Waals surface area contributed by atoms with Crippen molar-refractivity contribution in [2.45, 2.75) is 13.1 Å². The summed E-state index contributed by atoms with van der Waals surface area (Å²) in [7, 11) is 0. The fourth-order valence-electron chi connectivity index (χ4n) is 2.30. The Labute approximate surface area is 151 Å². The number of hydrogen-bond acceptors (Lipinski definition) is 3. The summed E-state index contributed by atoms with van der Waals surface area (Å²) in [5, 5.41) is 7.59. The highest BCUT2D eigenvalue weighted by Gasteiger charge is 2.04. The third-order valence-corrected chi connectivity index (χ3v) is 3.82. The van der Waals surface area contributed by atoms with E-state index in [1.807, 2.05) is 41.2 Å². The number of nitrogens with zero attached hydrogens (tertiary/aromatic N) is 2. The number of carbonyl (C=O) groups excluding carboxylic acids is 1. The first-order valence-electron chi connectivity index (χ1n) is 7.89. The molecule has 0 atom stereocenters. The first kappa shape index (κ1) is 17.0. The van der Waals surface area contributed by atoms with Crippen molar-refractivity contribution in [1.29, 1.82) is 0 Å². The third-order valence-electron chi connectivity index (χ3n) is 3.58. The van der Waals surface area contributed by atoms with Crippen molar-refractivity contribution in [3.63, 3.8) is 0 Å². The van der Waals surface area contributed by atoms with Crippen LogP contribution in [-0.4, -0.2) is 22.3 Å². The standard InChI is InChI=1S/C19H18ClN3O2/c20-17-3-1-4-18(11-17)25-14-19(24)21-12-15-5-7-16(8-6-15)13-23-10-2-9-22-23/h1-11H,12-14H2,(H,21,24). The summed E-state index contributed by atoms with van der Waals surface area (Å²) in [4.78, 5) is 11.9.